The van der Waals surface area contributed by atoms with Gasteiger partial charge < -0.3 is 4.52 Å². The Morgan fingerprint density at radius 3 is 2.95 bits per heavy atom. The molecule has 1 saturated carbocycles. The highest BCUT2D eigenvalue weighted by molar-refractivity contribution is 5.45. The molecule has 110 valence electrons. The Morgan fingerprint density at radius 2 is 2.14 bits per heavy atom. The summed E-state index contributed by atoms with van der Waals surface area (Å²) in [4.78, 5) is 15.4. The summed E-state index contributed by atoms with van der Waals surface area (Å²) in [5.41, 5.74) is 0.664. The summed E-state index contributed by atoms with van der Waals surface area (Å²) in [6.07, 6.45) is 11.3. The normalized spacial score (nSPS) is 23.3. The van der Waals surface area contributed by atoms with Gasteiger partial charge in [-0.2, -0.15) is 4.98 Å². The lowest BCUT2D eigenvalue weighted by molar-refractivity contribution is 0.113. The van der Waals surface area contributed by atoms with Crippen molar-refractivity contribution in [1.29, 1.82) is 0 Å². The zero-order chi connectivity index (χ0) is 14.1. The molecule has 2 aromatic heterocycles. The Hall–Kier alpha value is -1.82. The van der Waals surface area contributed by atoms with Gasteiger partial charge in [0.1, 0.15) is 5.69 Å². The molecule has 0 N–H and O–H groups in total. The summed E-state index contributed by atoms with van der Waals surface area (Å²) < 4.78 is 5.52. The van der Waals surface area contributed by atoms with Crippen LogP contribution in [0.4, 0.5) is 0 Å². The van der Waals surface area contributed by atoms with Gasteiger partial charge >= 0.3 is 0 Å². The first-order valence-corrected chi connectivity index (χ1v) is 7.74. The number of hydrogen-bond acceptors (Lipinski definition) is 6. The van der Waals surface area contributed by atoms with E-state index in [1.54, 1.807) is 18.6 Å². The monoisotopic (exact) mass is 285 g/mol. The average molecular weight is 285 g/mol. The fourth-order valence-corrected chi connectivity index (χ4v) is 3.01. The van der Waals surface area contributed by atoms with Crippen molar-refractivity contribution in [3.05, 3.63) is 24.5 Å². The van der Waals surface area contributed by atoms with Gasteiger partial charge in [-0.15, -0.1) is 0 Å². The predicted molar refractivity (Wildman–Crippen MR) is 76.2 cm³/mol. The van der Waals surface area contributed by atoms with Crippen LogP contribution in [0.3, 0.4) is 0 Å². The third kappa shape index (κ3) is 2.81. The zero-order valence-corrected chi connectivity index (χ0v) is 12.0. The zero-order valence-electron chi connectivity index (χ0n) is 12.0. The molecule has 2 aromatic rings. The quantitative estimate of drug-likeness (QED) is 0.859. The summed E-state index contributed by atoms with van der Waals surface area (Å²) in [5.74, 6) is 2.15. The van der Waals surface area contributed by atoms with E-state index < -0.39 is 0 Å². The van der Waals surface area contributed by atoms with Crippen LogP contribution in [0.15, 0.2) is 23.1 Å². The van der Waals surface area contributed by atoms with Crippen molar-refractivity contribution in [2.75, 3.05) is 13.1 Å². The molecular weight excluding hydrogens is 266 g/mol. The maximum atomic E-state index is 5.52. The minimum Gasteiger partial charge on any atom is -0.337 e. The first-order valence-electron chi connectivity index (χ1n) is 7.74. The van der Waals surface area contributed by atoms with E-state index in [4.69, 9.17) is 4.52 Å². The predicted octanol–water partition coefficient (Wildman–Crippen LogP) is 2.46. The van der Waals surface area contributed by atoms with Crippen LogP contribution in [0.1, 0.15) is 44.0 Å². The Balaban J connectivity index is 1.55. The number of aromatic nitrogens is 4. The van der Waals surface area contributed by atoms with Gasteiger partial charge in [-0.1, -0.05) is 11.6 Å². The Morgan fingerprint density at radius 1 is 1.19 bits per heavy atom. The third-order valence-corrected chi connectivity index (χ3v) is 4.32. The van der Waals surface area contributed by atoms with E-state index in [2.05, 4.69) is 25.0 Å². The Kier molecular flexibility index (Phi) is 3.39. The SMILES string of the molecule is c1cnc(-c2noc(C3CCCCN3CC3CC3)n2)cn1. The van der Waals surface area contributed by atoms with Gasteiger partial charge in [0.15, 0.2) is 0 Å². The molecule has 4 rings (SSSR count). The Labute approximate surface area is 123 Å². The third-order valence-electron chi connectivity index (χ3n) is 4.32. The molecule has 0 bridgehead atoms. The van der Waals surface area contributed by atoms with E-state index in [1.165, 1.54) is 32.2 Å². The molecule has 1 atom stereocenters. The maximum absolute atomic E-state index is 5.52. The molecular formula is C15H19N5O. The van der Waals surface area contributed by atoms with Crippen LogP contribution in [0.5, 0.6) is 0 Å². The van der Waals surface area contributed by atoms with E-state index in [0.29, 0.717) is 11.5 Å². The smallest absolute Gasteiger partial charge is 0.244 e. The number of piperidine rings is 1. The molecule has 3 heterocycles. The average Bonchev–Trinajstić information content (AvgIpc) is 3.22. The molecule has 0 amide bonds. The first-order chi connectivity index (χ1) is 10.4. The van der Waals surface area contributed by atoms with Gasteiger partial charge in [0.05, 0.1) is 12.2 Å². The minimum absolute atomic E-state index is 0.275. The highest BCUT2D eigenvalue weighted by Gasteiger charge is 2.33. The van der Waals surface area contributed by atoms with Crippen molar-refractivity contribution >= 4 is 0 Å². The number of rotatable bonds is 4. The summed E-state index contributed by atoms with van der Waals surface area (Å²) >= 11 is 0. The summed E-state index contributed by atoms with van der Waals surface area (Å²) in [6, 6.07) is 0.275. The van der Waals surface area contributed by atoms with E-state index >= 15 is 0 Å². The summed E-state index contributed by atoms with van der Waals surface area (Å²) in [5, 5.41) is 4.08. The summed E-state index contributed by atoms with van der Waals surface area (Å²) in [6.45, 7) is 2.32. The second kappa shape index (κ2) is 5.52. The van der Waals surface area contributed by atoms with Crippen molar-refractivity contribution in [1.82, 2.24) is 25.0 Å². The molecule has 1 aliphatic carbocycles. The molecule has 0 radical (unpaired) electrons. The summed E-state index contributed by atoms with van der Waals surface area (Å²) in [7, 11) is 0. The number of likely N-dealkylation sites (tertiary alicyclic amines) is 1. The molecule has 2 aliphatic rings. The lowest BCUT2D eigenvalue weighted by Gasteiger charge is -2.33. The van der Waals surface area contributed by atoms with Gasteiger partial charge in [0, 0.05) is 18.9 Å². The van der Waals surface area contributed by atoms with Crippen LogP contribution >= 0.6 is 0 Å². The van der Waals surface area contributed by atoms with E-state index in [0.717, 1.165) is 24.8 Å². The van der Waals surface area contributed by atoms with Crippen LogP contribution in [-0.4, -0.2) is 38.1 Å². The minimum atomic E-state index is 0.275. The lowest BCUT2D eigenvalue weighted by Crippen LogP contribution is -2.35. The topological polar surface area (TPSA) is 67.9 Å². The van der Waals surface area contributed by atoms with Crippen molar-refractivity contribution in [2.24, 2.45) is 5.92 Å². The first kappa shape index (κ1) is 12.9. The van der Waals surface area contributed by atoms with Gasteiger partial charge in [-0.05, 0) is 38.1 Å². The molecule has 2 fully saturated rings. The van der Waals surface area contributed by atoms with E-state index in [9.17, 15) is 0 Å². The molecule has 1 unspecified atom stereocenters. The van der Waals surface area contributed by atoms with Crippen LogP contribution in [-0.2, 0) is 0 Å². The van der Waals surface area contributed by atoms with Crippen molar-refractivity contribution in [3.63, 3.8) is 0 Å². The fourth-order valence-electron chi connectivity index (χ4n) is 3.01. The van der Waals surface area contributed by atoms with Crippen molar-refractivity contribution in [3.8, 4) is 11.5 Å². The molecule has 1 saturated heterocycles. The molecule has 1 aliphatic heterocycles. The van der Waals surface area contributed by atoms with Gasteiger partial charge in [0.2, 0.25) is 11.7 Å². The standard InChI is InChI=1S/C15H19N5O/c1-2-8-20(10-11-4-5-11)13(3-1)15-18-14(19-21-15)12-9-16-6-7-17-12/h6-7,9,11,13H,1-5,8,10H2. The van der Waals surface area contributed by atoms with Crippen LogP contribution in [0, 0.1) is 5.92 Å². The van der Waals surface area contributed by atoms with Gasteiger partial charge in [-0.25, -0.2) is 4.98 Å². The van der Waals surface area contributed by atoms with Crippen molar-refractivity contribution in [2.45, 2.75) is 38.1 Å². The second-order valence-electron chi connectivity index (χ2n) is 6.00. The lowest BCUT2D eigenvalue weighted by atomic mass is 10.0. The van der Waals surface area contributed by atoms with E-state index in [-0.39, 0.29) is 6.04 Å². The largest absolute Gasteiger partial charge is 0.337 e. The van der Waals surface area contributed by atoms with Crippen LogP contribution in [0.25, 0.3) is 11.5 Å². The Bertz CT molecular complexity index is 595. The molecule has 6 heteroatoms. The van der Waals surface area contributed by atoms with Gasteiger partial charge in [0.25, 0.3) is 0 Å². The molecule has 0 aromatic carbocycles. The molecule has 21 heavy (non-hydrogen) atoms. The highest BCUT2D eigenvalue weighted by Crippen LogP contribution is 2.36. The second-order valence-corrected chi connectivity index (χ2v) is 6.00. The highest BCUT2D eigenvalue weighted by atomic mass is 16.5. The number of hydrogen-bond donors (Lipinski definition) is 0. The van der Waals surface area contributed by atoms with Crippen LogP contribution < -0.4 is 0 Å². The molecule has 6 nitrogen and oxygen atoms in total. The van der Waals surface area contributed by atoms with E-state index in [1.807, 2.05) is 0 Å². The molecule has 0 spiro atoms. The number of nitrogens with zero attached hydrogens (tertiary/aromatic N) is 5. The van der Waals surface area contributed by atoms with Crippen molar-refractivity contribution < 1.29 is 4.52 Å². The van der Waals surface area contributed by atoms with Crippen LogP contribution in [0.2, 0.25) is 0 Å². The fraction of sp³-hybridized carbons (Fsp3) is 0.600. The van der Waals surface area contributed by atoms with Gasteiger partial charge in [-0.3, -0.25) is 9.88 Å². The maximum Gasteiger partial charge on any atom is 0.244 e.